The van der Waals surface area contributed by atoms with Gasteiger partial charge in [-0.15, -0.1) is 0 Å². The lowest BCUT2D eigenvalue weighted by atomic mass is 10.1. The Morgan fingerprint density at radius 3 is 2.96 bits per heavy atom. The number of amides is 1. The number of carbonyl (C=O) groups is 1. The summed E-state index contributed by atoms with van der Waals surface area (Å²) < 4.78 is 11.1. The van der Waals surface area contributed by atoms with Crippen molar-refractivity contribution in [2.45, 2.75) is 44.6 Å². The van der Waals surface area contributed by atoms with Gasteiger partial charge in [0.05, 0.1) is 12.2 Å². The van der Waals surface area contributed by atoms with Crippen molar-refractivity contribution in [2.24, 2.45) is 0 Å². The number of nitrogens with zero attached hydrogens (tertiary/aromatic N) is 3. The average Bonchev–Trinajstić information content (AvgIpc) is 3.14. The third-order valence-corrected chi connectivity index (χ3v) is 4.62. The quantitative estimate of drug-likeness (QED) is 0.842. The highest BCUT2D eigenvalue weighted by Crippen LogP contribution is 2.40. The molecule has 6 heteroatoms. The predicted molar refractivity (Wildman–Crippen MR) is 86.9 cm³/mol. The molecule has 24 heavy (non-hydrogen) atoms. The number of likely N-dealkylation sites (tertiary alicyclic amines) is 1. The summed E-state index contributed by atoms with van der Waals surface area (Å²) in [6.07, 6.45) is 4.06. The van der Waals surface area contributed by atoms with E-state index in [4.69, 9.17) is 9.26 Å². The summed E-state index contributed by atoms with van der Waals surface area (Å²) in [4.78, 5) is 19.4. The molecule has 0 spiro atoms. The largest absolute Gasteiger partial charge is 0.493 e. The Balaban J connectivity index is 1.58. The first-order chi connectivity index (χ1) is 11.8. The van der Waals surface area contributed by atoms with Crippen LogP contribution in [0.15, 0.2) is 28.8 Å². The van der Waals surface area contributed by atoms with E-state index in [1.807, 2.05) is 36.1 Å². The number of aromatic nitrogens is 2. The standard InChI is InChI=1S/C18H21N3O3/c1-2-23-15-8-4-3-6-13(15)18(22)21-11-5-7-14(21)17-19-16(20-24-17)12-9-10-12/h3-4,6,8,12,14H,2,5,7,9-11H2,1H3. The maximum Gasteiger partial charge on any atom is 0.258 e. The van der Waals surface area contributed by atoms with Crippen LogP contribution in [0, 0.1) is 0 Å². The smallest absolute Gasteiger partial charge is 0.258 e. The van der Waals surface area contributed by atoms with E-state index in [1.54, 1.807) is 0 Å². The van der Waals surface area contributed by atoms with Crippen molar-refractivity contribution in [1.82, 2.24) is 15.0 Å². The molecule has 1 aromatic carbocycles. The molecule has 4 rings (SSSR count). The van der Waals surface area contributed by atoms with Crippen LogP contribution in [0.25, 0.3) is 0 Å². The van der Waals surface area contributed by atoms with Crippen molar-refractivity contribution in [3.63, 3.8) is 0 Å². The minimum Gasteiger partial charge on any atom is -0.493 e. The van der Waals surface area contributed by atoms with Crippen LogP contribution in [0.3, 0.4) is 0 Å². The molecule has 2 heterocycles. The minimum absolute atomic E-state index is 0.0345. The molecular formula is C18H21N3O3. The first kappa shape index (κ1) is 15.2. The van der Waals surface area contributed by atoms with E-state index in [-0.39, 0.29) is 11.9 Å². The van der Waals surface area contributed by atoms with Crippen molar-refractivity contribution < 1.29 is 14.1 Å². The highest BCUT2D eigenvalue weighted by atomic mass is 16.5. The fourth-order valence-electron chi connectivity index (χ4n) is 3.24. The molecule has 1 aliphatic heterocycles. The first-order valence-corrected chi connectivity index (χ1v) is 8.64. The van der Waals surface area contributed by atoms with Crippen LogP contribution in [0.4, 0.5) is 0 Å². The van der Waals surface area contributed by atoms with E-state index in [9.17, 15) is 4.79 Å². The predicted octanol–water partition coefficient (Wildman–Crippen LogP) is 3.32. The van der Waals surface area contributed by atoms with Gasteiger partial charge in [-0.1, -0.05) is 17.3 Å². The third kappa shape index (κ3) is 2.77. The maximum atomic E-state index is 13.0. The third-order valence-electron chi connectivity index (χ3n) is 4.62. The zero-order chi connectivity index (χ0) is 16.5. The number of hydrogen-bond donors (Lipinski definition) is 0. The van der Waals surface area contributed by atoms with Crippen LogP contribution in [0.1, 0.15) is 66.6 Å². The van der Waals surface area contributed by atoms with Crippen molar-refractivity contribution in [1.29, 1.82) is 0 Å². The molecule has 0 bridgehead atoms. The Bertz CT molecular complexity index is 739. The Hall–Kier alpha value is -2.37. The monoisotopic (exact) mass is 327 g/mol. The van der Waals surface area contributed by atoms with Crippen LogP contribution in [-0.2, 0) is 0 Å². The molecule has 1 amide bonds. The minimum atomic E-state index is -0.132. The molecule has 0 N–H and O–H groups in total. The molecule has 126 valence electrons. The summed E-state index contributed by atoms with van der Waals surface area (Å²) in [6, 6.07) is 7.25. The average molecular weight is 327 g/mol. The van der Waals surface area contributed by atoms with Crippen molar-refractivity contribution >= 4 is 5.91 Å². The Morgan fingerprint density at radius 1 is 1.33 bits per heavy atom. The molecule has 2 aromatic rings. The van der Waals surface area contributed by atoms with Gasteiger partial charge in [0.15, 0.2) is 5.82 Å². The van der Waals surface area contributed by atoms with Gasteiger partial charge < -0.3 is 14.2 Å². The zero-order valence-corrected chi connectivity index (χ0v) is 13.8. The molecular weight excluding hydrogens is 306 g/mol. The number of ether oxygens (including phenoxy) is 1. The van der Waals surface area contributed by atoms with E-state index < -0.39 is 0 Å². The van der Waals surface area contributed by atoms with Crippen LogP contribution >= 0.6 is 0 Å². The van der Waals surface area contributed by atoms with Gasteiger partial charge in [-0.2, -0.15) is 4.98 Å². The molecule has 1 saturated carbocycles. The van der Waals surface area contributed by atoms with E-state index >= 15 is 0 Å². The fourth-order valence-corrected chi connectivity index (χ4v) is 3.24. The fraction of sp³-hybridized carbons (Fsp3) is 0.500. The highest BCUT2D eigenvalue weighted by Gasteiger charge is 2.37. The number of benzene rings is 1. The number of para-hydroxylation sites is 1. The van der Waals surface area contributed by atoms with Crippen molar-refractivity contribution in [3.05, 3.63) is 41.5 Å². The second-order valence-corrected chi connectivity index (χ2v) is 6.35. The van der Waals surface area contributed by atoms with Crippen LogP contribution in [0.2, 0.25) is 0 Å². The molecule has 0 radical (unpaired) electrons. The maximum absolute atomic E-state index is 13.0. The Labute approximate surface area is 140 Å². The van der Waals surface area contributed by atoms with Gasteiger partial charge in [-0.25, -0.2) is 0 Å². The molecule has 1 aliphatic carbocycles. The molecule has 1 saturated heterocycles. The van der Waals surface area contributed by atoms with Gasteiger partial charge in [0, 0.05) is 12.5 Å². The Kier molecular flexibility index (Phi) is 3.96. The number of carbonyl (C=O) groups excluding carboxylic acids is 1. The summed E-state index contributed by atoms with van der Waals surface area (Å²) in [5.74, 6) is 2.40. The summed E-state index contributed by atoms with van der Waals surface area (Å²) >= 11 is 0. The normalized spacial score (nSPS) is 20.4. The van der Waals surface area contributed by atoms with Crippen molar-refractivity contribution in [2.75, 3.05) is 13.2 Å². The topological polar surface area (TPSA) is 68.5 Å². The van der Waals surface area contributed by atoms with Crippen LogP contribution in [0.5, 0.6) is 5.75 Å². The first-order valence-electron chi connectivity index (χ1n) is 8.64. The van der Waals surface area contributed by atoms with Gasteiger partial charge >= 0.3 is 0 Å². The molecule has 2 aliphatic rings. The van der Waals surface area contributed by atoms with E-state index in [0.717, 1.165) is 31.5 Å². The molecule has 2 fully saturated rings. The lowest BCUT2D eigenvalue weighted by molar-refractivity contribution is 0.0706. The number of hydrogen-bond acceptors (Lipinski definition) is 5. The summed E-state index contributed by atoms with van der Waals surface area (Å²) in [5.41, 5.74) is 0.591. The second kappa shape index (κ2) is 6.26. The molecule has 1 aromatic heterocycles. The van der Waals surface area contributed by atoms with Crippen molar-refractivity contribution in [3.8, 4) is 5.75 Å². The molecule has 1 unspecified atom stereocenters. The lowest BCUT2D eigenvalue weighted by Gasteiger charge is -2.23. The summed E-state index contributed by atoms with van der Waals surface area (Å²) in [6.45, 7) is 3.14. The van der Waals surface area contributed by atoms with Gasteiger partial charge in [0.1, 0.15) is 11.8 Å². The summed E-state index contributed by atoms with van der Waals surface area (Å²) in [5, 5.41) is 4.09. The molecule has 6 nitrogen and oxygen atoms in total. The molecule has 1 atom stereocenters. The van der Waals surface area contributed by atoms with Gasteiger partial charge in [0.2, 0.25) is 5.89 Å². The van der Waals surface area contributed by atoms with Gasteiger partial charge in [-0.05, 0) is 44.7 Å². The SMILES string of the molecule is CCOc1ccccc1C(=O)N1CCCC1c1nc(C2CC2)no1. The van der Waals surface area contributed by atoms with Gasteiger partial charge in [0.25, 0.3) is 5.91 Å². The number of rotatable bonds is 5. The van der Waals surface area contributed by atoms with E-state index in [0.29, 0.717) is 36.3 Å². The van der Waals surface area contributed by atoms with Crippen LogP contribution < -0.4 is 4.74 Å². The Morgan fingerprint density at radius 2 is 2.17 bits per heavy atom. The summed E-state index contributed by atoms with van der Waals surface area (Å²) in [7, 11) is 0. The highest BCUT2D eigenvalue weighted by molar-refractivity contribution is 5.97. The van der Waals surface area contributed by atoms with Gasteiger partial charge in [-0.3, -0.25) is 4.79 Å². The van der Waals surface area contributed by atoms with E-state index in [2.05, 4.69) is 10.1 Å². The second-order valence-electron chi connectivity index (χ2n) is 6.35. The zero-order valence-electron chi connectivity index (χ0n) is 13.8. The van der Waals surface area contributed by atoms with E-state index in [1.165, 1.54) is 0 Å². The lowest BCUT2D eigenvalue weighted by Crippen LogP contribution is -2.31. The van der Waals surface area contributed by atoms with Crippen LogP contribution in [-0.4, -0.2) is 34.1 Å².